The highest BCUT2D eigenvalue weighted by atomic mass is 35.5. The van der Waals surface area contributed by atoms with E-state index in [0.29, 0.717) is 46.9 Å². The lowest BCUT2D eigenvalue weighted by Gasteiger charge is -2.36. The average Bonchev–Trinajstić information content (AvgIpc) is 3.44. The fourth-order valence-corrected chi connectivity index (χ4v) is 6.59. The average molecular weight is 615 g/mol. The van der Waals surface area contributed by atoms with Crippen LogP contribution >= 0.6 is 23.2 Å². The number of rotatable bonds is 12. The minimum atomic E-state index is -4.15. The molecule has 0 radical (unpaired) electrons. The first-order valence-electron chi connectivity index (χ1n) is 13.7. The van der Waals surface area contributed by atoms with Crippen LogP contribution in [-0.4, -0.2) is 27.0 Å². The van der Waals surface area contributed by atoms with Gasteiger partial charge in [-0.1, -0.05) is 92.0 Å². The number of aliphatic imine (C=N–C) groups is 1. The minimum Gasteiger partial charge on any atom is -0.478 e. The Morgan fingerprint density at radius 3 is 2.32 bits per heavy atom. The van der Waals surface area contributed by atoms with Gasteiger partial charge in [-0.2, -0.15) is 8.42 Å². The van der Waals surface area contributed by atoms with Crippen LogP contribution in [0.15, 0.2) is 95.3 Å². The third kappa shape index (κ3) is 7.61. The molecular formula is C33H37Cl2NO4S. The smallest absolute Gasteiger partial charge is 0.297 e. The summed E-state index contributed by atoms with van der Waals surface area (Å²) < 4.78 is 39.8. The van der Waals surface area contributed by atoms with Crippen molar-refractivity contribution in [1.82, 2.24) is 0 Å². The Morgan fingerprint density at radius 2 is 1.73 bits per heavy atom. The minimum absolute atomic E-state index is 0.0592. The molecule has 0 saturated heterocycles. The van der Waals surface area contributed by atoms with Crippen molar-refractivity contribution in [3.8, 4) is 0 Å². The highest BCUT2D eigenvalue weighted by Gasteiger charge is 2.42. The Labute approximate surface area is 254 Å². The molecule has 0 spiro atoms. The summed E-state index contributed by atoms with van der Waals surface area (Å²) in [6.07, 6.45) is 1.99. The van der Waals surface area contributed by atoms with Gasteiger partial charge in [-0.05, 0) is 73.2 Å². The Balaban J connectivity index is 1.86. The van der Waals surface area contributed by atoms with E-state index in [1.165, 1.54) is 0 Å². The fourth-order valence-electron chi connectivity index (χ4n) is 5.16. The monoisotopic (exact) mass is 613 g/mol. The molecule has 1 heterocycles. The van der Waals surface area contributed by atoms with Crippen molar-refractivity contribution in [3.63, 3.8) is 0 Å². The maximum atomic E-state index is 13.7. The van der Waals surface area contributed by atoms with Crippen LogP contribution in [0.5, 0.6) is 0 Å². The molecule has 0 N–H and O–H groups in total. The van der Waals surface area contributed by atoms with Crippen molar-refractivity contribution in [2.45, 2.75) is 63.5 Å². The Morgan fingerprint density at radius 1 is 1.05 bits per heavy atom. The van der Waals surface area contributed by atoms with Gasteiger partial charge in [0.2, 0.25) is 0 Å². The van der Waals surface area contributed by atoms with Gasteiger partial charge in [-0.15, -0.1) is 6.58 Å². The SMILES string of the molecule is C=CC[C@@](C)(C[C@H](c1cccc(Cl)c1)C(OS(=O)(=O)c1ccc(C)cc1)c1ccc(Cl)cc1)C1=N[C@@H](C(C)C)CO1. The molecule has 4 atom stereocenters. The Hall–Kier alpha value is -2.64. The van der Waals surface area contributed by atoms with Crippen LogP contribution in [0.25, 0.3) is 0 Å². The molecule has 8 heteroatoms. The molecule has 1 aliphatic rings. The third-order valence-corrected chi connectivity index (χ3v) is 9.40. The molecule has 0 bridgehead atoms. The largest absolute Gasteiger partial charge is 0.478 e. The van der Waals surface area contributed by atoms with Crippen LogP contribution in [-0.2, 0) is 19.0 Å². The molecule has 41 heavy (non-hydrogen) atoms. The summed E-state index contributed by atoms with van der Waals surface area (Å²) in [6.45, 7) is 12.8. The van der Waals surface area contributed by atoms with E-state index in [1.54, 1.807) is 54.6 Å². The van der Waals surface area contributed by atoms with Gasteiger partial charge in [-0.3, -0.25) is 4.18 Å². The van der Waals surface area contributed by atoms with Crippen LogP contribution in [0.2, 0.25) is 10.0 Å². The molecule has 0 fully saturated rings. The Kier molecular flexibility index (Phi) is 10.0. The maximum absolute atomic E-state index is 13.7. The number of aryl methyl sites for hydroxylation is 1. The molecule has 5 nitrogen and oxygen atoms in total. The van der Waals surface area contributed by atoms with E-state index in [-0.39, 0.29) is 10.9 Å². The summed E-state index contributed by atoms with van der Waals surface area (Å²) in [5.74, 6) is 0.526. The topological polar surface area (TPSA) is 65.0 Å². The van der Waals surface area contributed by atoms with Crippen LogP contribution < -0.4 is 0 Å². The molecule has 4 rings (SSSR count). The molecule has 0 aromatic heterocycles. The van der Waals surface area contributed by atoms with Crippen molar-refractivity contribution < 1.29 is 17.3 Å². The fraction of sp³-hybridized carbons (Fsp3) is 0.364. The highest BCUT2D eigenvalue weighted by molar-refractivity contribution is 7.86. The molecule has 0 saturated carbocycles. The van der Waals surface area contributed by atoms with Gasteiger partial charge >= 0.3 is 0 Å². The number of benzene rings is 3. The molecule has 218 valence electrons. The predicted molar refractivity (Wildman–Crippen MR) is 167 cm³/mol. The van der Waals surface area contributed by atoms with E-state index >= 15 is 0 Å². The second-order valence-corrected chi connectivity index (χ2v) is 13.8. The summed E-state index contributed by atoms with van der Waals surface area (Å²) in [4.78, 5) is 5.05. The summed E-state index contributed by atoms with van der Waals surface area (Å²) in [5, 5.41) is 1.08. The standard InChI is InChI=1S/C33H37Cl2NO4S/c1-6-18-33(5,32-36-30(21-39-32)22(2)3)20-29(25-8-7-9-27(35)19-25)31(24-12-14-26(34)15-13-24)40-41(37,38)28-16-10-23(4)11-17-28/h6-17,19,22,29-31H,1,18,20-21H2,2-5H3/t29-,30-,31?,33+/m1/s1. The molecule has 1 unspecified atom stereocenters. The van der Waals surface area contributed by atoms with Crippen LogP contribution in [0.4, 0.5) is 0 Å². The van der Waals surface area contributed by atoms with Crippen molar-refractivity contribution in [2.24, 2.45) is 16.3 Å². The molecule has 0 amide bonds. The number of ether oxygens (including phenoxy) is 1. The van der Waals surface area contributed by atoms with Crippen molar-refractivity contribution in [1.29, 1.82) is 0 Å². The number of nitrogens with zero attached hydrogens (tertiary/aromatic N) is 1. The lowest BCUT2D eigenvalue weighted by atomic mass is 9.73. The van der Waals surface area contributed by atoms with Crippen LogP contribution in [0.3, 0.4) is 0 Å². The van der Waals surface area contributed by atoms with Crippen molar-refractivity contribution >= 4 is 39.2 Å². The molecule has 3 aromatic carbocycles. The van der Waals surface area contributed by atoms with Gasteiger partial charge in [0, 0.05) is 21.4 Å². The first-order chi connectivity index (χ1) is 19.4. The van der Waals surface area contributed by atoms with Crippen LogP contribution in [0, 0.1) is 18.3 Å². The van der Waals surface area contributed by atoms with E-state index in [9.17, 15) is 8.42 Å². The number of hydrogen-bond acceptors (Lipinski definition) is 5. The van der Waals surface area contributed by atoms with Gasteiger partial charge in [-0.25, -0.2) is 4.99 Å². The molecular weight excluding hydrogens is 577 g/mol. The first kappa shape index (κ1) is 31.3. The quantitative estimate of drug-likeness (QED) is 0.151. The first-order valence-corrected chi connectivity index (χ1v) is 15.9. The zero-order valence-corrected chi connectivity index (χ0v) is 26.2. The number of halogens is 2. The summed E-state index contributed by atoms with van der Waals surface area (Å²) in [7, 11) is -4.15. The molecule has 0 aliphatic carbocycles. The lowest BCUT2D eigenvalue weighted by Crippen LogP contribution is -2.32. The van der Waals surface area contributed by atoms with E-state index in [1.807, 2.05) is 31.2 Å². The zero-order chi connectivity index (χ0) is 29.8. The van der Waals surface area contributed by atoms with E-state index in [0.717, 1.165) is 11.1 Å². The third-order valence-electron chi connectivity index (χ3n) is 7.61. The normalized spacial score (nSPS) is 18.3. The number of allylic oxidation sites excluding steroid dienone is 1. The zero-order valence-electron chi connectivity index (χ0n) is 23.9. The predicted octanol–water partition coefficient (Wildman–Crippen LogP) is 8.96. The van der Waals surface area contributed by atoms with Gasteiger partial charge in [0.05, 0.1) is 10.9 Å². The van der Waals surface area contributed by atoms with E-state index in [2.05, 4.69) is 27.4 Å². The van der Waals surface area contributed by atoms with Gasteiger partial charge in [0.15, 0.2) is 5.90 Å². The summed E-state index contributed by atoms with van der Waals surface area (Å²) in [6, 6.07) is 21.2. The molecule has 1 aliphatic heterocycles. The second kappa shape index (κ2) is 13.1. The summed E-state index contributed by atoms with van der Waals surface area (Å²) >= 11 is 12.7. The van der Waals surface area contributed by atoms with Crippen molar-refractivity contribution in [2.75, 3.05) is 6.61 Å². The molecule has 3 aromatic rings. The van der Waals surface area contributed by atoms with Crippen LogP contribution in [0.1, 0.15) is 62.3 Å². The highest BCUT2D eigenvalue weighted by Crippen LogP contribution is 2.47. The maximum Gasteiger partial charge on any atom is 0.297 e. The van der Waals surface area contributed by atoms with Gasteiger partial charge in [0.1, 0.15) is 12.7 Å². The van der Waals surface area contributed by atoms with Crippen molar-refractivity contribution in [3.05, 3.63) is 112 Å². The Bertz CT molecular complexity index is 1490. The van der Waals surface area contributed by atoms with Gasteiger partial charge < -0.3 is 4.74 Å². The van der Waals surface area contributed by atoms with Gasteiger partial charge in [0.25, 0.3) is 10.1 Å². The second-order valence-electron chi connectivity index (χ2n) is 11.3. The summed E-state index contributed by atoms with van der Waals surface area (Å²) in [5.41, 5.74) is 1.88. The lowest BCUT2D eigenvalue weighted by molar-refractivity contribution is 0.150. The number of hydrogen-bond donors (Lipinski definition) is 0. The van der Waals surface area contributed by atoms with E-state index < -0.39 is 27.6 Å². The van der Waals surface area contributed by atoms with E-state index in [4.69, 9.17) is 37.1 Å².